The SMILES string of the molecule is CCN1CCOC(CNc2ccc(Br)cc2[N+](=O)[O-])C1. The maximum Gasteiger partial charge on any atom is 0.293 e. The van der Waals surface area contributed by atoms with Crippen molar-refractivity contribution < 1.29 is 9.66 Å². The first-order valence-corrected chi connectivity index (χ1v) is 7.41. The van der Waals surface area contributed by atoms with Crippen LogP contribution in [0.4, 0.5) is 11.4 Å². The number of halogens is 1. The van der Waals surface area contributed by atoms with Crippen LogP contribution in [0.25, 0.3) is 0 Å². The van der Waals surface area contributed by atoms with Crippen LogP contribution in [0, 0.1) is 10.1 Å². The summed E-state index contributed by atoms with van der Waals surface area (Å²) >= 11 is 3.25. The second kappa shape index (κ2) is 7.01. The van der Waals surface area contributed by atoms with Gasteiger partial charge in [0, 0.05) is 30.2 Å². The quantitative estimate of drug-likeness (QED) is 0.657. The summed E-state index contributed by atoms with van der Waals surface area (Å²) in [7, 11) is 0. The molecule has 6 nitrogen and oxygen atoms in total. The molecule has 1 N–H and O–H groups in total. The monoisotopic (exact) mass is 343 g/mol. The zero-order valence-electron chi connectivity index (χ0n) is 11.3. The zero-order chi connectivity index (χ0) is 14.5. The smallest absolute Gasteiger partial charge is 0.293 e. The van der Waals surface area contributed by atoms with E-state index in [4.69, 9.17) is 4.74 Å². The summed E-state index contributed by atoms with van der Waals surface area (Å²) in [6, 6.07) is 5.00. The van der Waals surface area contributed by atoms with E-state index >= 15 is 0 Å². The van der Waals surface area contributed by atoms with Crippen LogP contribution in [-0.2, 0) is 4.74 Å². The van der Waals surface area contributed by atoms with Crippen LogP contribution in [0.5, 0.6) is 0 Å². The van der Waals surface area contributed by atoms with Crippen LogP contribution in [0.1, 0.15) is 6.92 Å². The van der Waals surface area contributed by atoms with Crippen LogP contribution in [-0.4, -0.2) is 48.7 Å². The minimum absolute atomic E-state index is 0.0620. The Kier molecular flexibility index (Phi) is 5.33. The second-order valence-corrected chi connectivity index (χ2v) is 5.60. The molecule has 1 aliphatic heterocycles. The zero-order valence-corrected chi connectivity index (χ0v) is 12.9. The molecule has 1 saturated heterocycles. The third-order valence-electron chi connectivity index (χ3n) is 3.35. The standard InChI is InChI=1S/C13H18BrN3O3/c1-2-16-5-6-20-11(9-16)8-15-12-4-3-10(14)7-13(12)17(18)19/h3-4,7,11,15H,2,5-6,8-9H2,1H3. The van der Waals surface area contributed by atoms with Gasteiger partial charge in [-0.3, -0.25) is 15.0 Å². The third-order valence-corrected chi connectivity index (χ3v) is 3.84. The summed E-state index contributed by atoms with van der Waals surface area (Å²) in [5.74, 6) is 0. The van der Waals surface area contributed by atoms with Gasteiger partial charge < -0.3 is 10.1 Å². The van der Waals surface area contributed by atoms with Crippen LogP contribution in [0.3, 0.4) is 0 Å². The summed E-state index contributed by atoms with van der Waals surface area (Å²) in [5, 5.41) is 14.2. The lowest BCUT2D eigenvalue weighted by Crippen LogP contribution is -2.45. The molecule has 1 atom stereocenters. The van der Waals surface area contributed by atoms with Gasteiger partial charge in [0.2, 0.25) is 0 Å². The van der Waals surface area contributed by atoms with Crippen LogP contribution >= 0.6 is 15.9 Å². The molecule has 1 aromatic carbocycles. The number of ether oxygens (including phenoxy) is 1. The molecular weight excluding hydrogens is 326 g/mol. The van der Waals surface area contributed by atoms with Gasteiger partial charge in [-0.1, -0.05) is 22.9 Å². The molecular formula is C13H18BrN3O3. The van der Waals surface area contributed by atoms with Crippen LogP contribution < -0.4 is 5.32 Å². The van der Waals surface area contributed by atoms with E-state index < -0.39 is 0 Å². The molecule has 0 aromatic heterocycles. The maximum atomic E-state index is 11.0. The lowest BCUT2D eigenvalue weighted by molar-refractivity contribution is -0.384. The number of benzene rings is 1. The molecule has 2 rings (SSSR count). The number of anilines is 1. The van der Waals surface area contributed by atoms with Crippen molar-refractivity contribution in [2.45, 2.75) is 13.0 Å². The largest absolute Gasteiger partial charge is 0.377 e. The molecule has 0 bridgehead atoms. The van der Waals surface area contributed by atoms with Crippen molar-refractivity contribution in [1.29, 1.82) is 0 Å². The molecule has 0 spiro atoms. The number of nitro groups is 1. The Balaban J connectivity index is 1.98. The van der Waals surface area contributed by atoms with E-state index in [-0.39, 0.29) is 16.7 Å². The molecule has 20 heavy (non-hydrogen) atoms. The van der Waals surface area contributed by atoms with Crippen molar-refractivity contribution in [1.82, 2.24) is 4.90 Å². The van der Waals surface area contributed by atoms with Gasteiger partial charge in [0.05, 0.1) is 17.6 Å². The number of morpholine rings is 1. The van der Waals surface area contributed by atoms with Gasteiger partial charge in [-0.15, -0.1) is 0 Å². The lowest BCUT2D eigenvalue weighted by Gasteiger charge is -2.32. The number of likely N-dealkylation sites (N-methyl/N-ethyl adjacent to an activating group) is 1. The first kappa shape index (κ1) is 15.2. The Labute approximate surface area is 126 Å². The number of hydrogen-bond acceptors (Lipinski definition) is 5. The van der Waals surface area contributed by atoms with Gasteiger partial charge >= 0.3 is 0 Å². The first-order chi connectivity index (χ1) is 9.60. The normalized spacial score (nSPS) is 19.8. The van der Waals surface area contributed by atoms with E-state index in [2.05, 4.69) is 33.1 Å². The molecule has 0 saturated carbocycles. The first-order valence-electron chi connectivity index (χ1n) is 6.62. The van der Waals surface area contributed by atoms with E-state index in [0.29, 0.717) is 23.3 Å². The fourth-order valence-electron chi connectivity index (χ4n) is 2.22. The third kappa shape index (κ3) is 3.91. The van der Waals surface area contributed by atoms with Gasteiger partial charge in [-0.05, 0) is 18.7 Å². The average molecular weight is 344 g/mol. The Morgan fingerprint density at radius 2 is 2.40 bits per heavy atom. The highest BCUT2D eigenvalue weighted by molar-refractivity contribution is 9.10. The highest BCUT2D eigenvalue weighted by Gasteiger charge is 2.20. The fraction of sp³-hybridized carbons (Fsp3) is 0.538. The van der Waals surface area contributed by atoms with E-state index in [1.54, 1.807) is 12.1 Å². The average Bonchev–Trinajstić information content (AvgIpc) is 2.46. The summed E-state index contributed by atoms with van der Waals surface area (Å²) in [5.41, 5.74) is 0.595. The van der Waals surface area contributed by atoms with E-state index in [1.807, 2.05) is 0 Å². The molecule has 7 heteroatoms. The highest BCUT2D eigenvalue weighted by atomic mass is 79.9. The van der Waals surface area contributed by atoms with Crippen molar-refractivity contribution in [3.8, 4) is 0 Å². The van der Waals surface area contributed by atoms with Crippen molar-refractivity contribution in [2.75, 3.05) is 38.1 Å². The number of nitro benzene ring substituents is 1. The van der Waals surface area contributed by atoms with Crippen molar-refractivity contribution >= 4 is 27.3 Å². The number of hydrogen-bond donors (Lipinski definition) is 1. The second-order valence-electron chi connectivity index (χ2n) is 4.69. The van der Waals surface area contributed by atoms with Gasteiger partial charge in [0.15, 0.2) is 0 Å². The maximum absolute atomic E-state index is 11.0. The number of rotatable bonds is 5. The van der Waals surface area contributed by atoms with Crippen molar-refractivity contribution in [2.24, 2.45) is 0 Å². The highest BCUT2D eigenvalue weighted by Crippen LogP contribution is 2.28. The molecule has 1 fully saturated rings. The topological polar surface area (TPSA) is 67.6 Å². The Hall–Kier alpha value is -1.18. The van der Waals surface area contributed by atoms with Gasteiger partial charge in [0.1, 0.15) is 5.69 Å². The Morgan fingerprint density at radius 1 is 1.60 bits per heavy atom. The van der Waals surface area contributed by atoms with Gasteiger partial charge in [-0.25, -0.2) is 0 Å². The minimum Gasteiger partial charge on any atom is -0.377 e. The predicted octanol–water partition coefficient (Wildman–Crippen LogP) is 2.49. The Morgan fingerprint density at radius 3 is 3.10 bits per heavy atom. The van der Waals surface area contributed by atoms with Crippen LogP contribution in [0.15, 0.2) is 22.7 Å². The van der Waals surface area contributed by atoms with E-state index in [0.717, 1.165) is 19.6 Å². The summed E-state index contributed by atoms with van der Waals surface area (Å²) < 4.78 is 6.37. The number of nitrogens with zero attached hydrogens (tertiary/aromatic N) is 2. The van der Waals surface area contributed by atoms with Crippen molar-refractivity contribution in [3.63, 3.8) is 0 Å². The van der Waals surface area contributed by atoms with Gasteiger partial charge in [-0.2, -0.15) is 0 Å². The molecule has 1 heterocycles. The molecule has 0 amide bonds. The molecule has 1 aliphatic rings. The Bertz CT molecular complexity index is 484. The number of nitrogens with one attached hydrogen (secondary N) is 1. The molecule has 1 aromatic rings. The summed E-state index contributed by atoms with van der Waals surface area (Å²) in [6.07, 6.45) is 0.0620. The van der Waals surface area contributed by atoms with Crippen molar-refractivity contribution in [3.05, 3.63) is 32.8 Å². The predicted molar refractivity (Wildman–Crippen MR) is 81.1 cm³/mol. The summed E-state index contributed by atoms with van der Waals surface area (Å²) in [4.78, 5) is 13.0. The van der Waals surface area contributed by atoms with E-state index in [1.165, 1.54) is 6.07 Å². The minimum atomic E-state index is -0.382. The molecule has 1 unspecified atom stereocenters. The molecule has 0 aliphatic carbocycles. The fourth-order valence-corrected chi connectivity index (χ4v) is 2.57. The molecule has 0 radical (unpaired) electrons. The van der Waals surface area contributed by atoms with E-state index in [9.17, 15) is 10.1 Å². The van der Waals surface area contributed by atoms with Crippen LogP contribution in [0.2, 0.25) is 0 Å². The molecule has 110 valence electrons. The summed E-state index contributed by atoms with van der Waals surface area (Å²) in [6.45, 7) is 6.20. The lowest BCUT2D eigenvalue weighted by atomic mass is 10.2. The van der Waals surface area contributed by atoms with Gasteiger partial charge in [0.25, 0.3) is 5.69 Å².